The Balaban J connectivity index is 2.15. The molecule has 0 aliphatic carbocycles. The fraction of sp³-hybridized carbons (Fsp3) is 0.400. The van der Waals surface area contributed by atoms with Crippen molar-refractivity contribution in [2.24, 2.45) is 5.73 Å². The predicted molar refractivity (Wildman–Crippen MR) is 52.6 cm³/mol. The summed E-state index contributed by atoms with van der Waals surface area (Å²) in [5, 5.41) is 0. The highest BCUT2D eigenvalue weighted by molar-refractivity contribution is 5.95. The first kappa shape index (κ1) is 9.92. The molecular weight excluding hydrogens is 196 g/mol. The quantitative estimate of drug-likeness (QED) is 0.777. The van der Waals surface area contributed by atoms with Crippen LogP contribution in [-0.4, -0.2) is 30.2 Å². The van der Waals surface area contributed by atoms with E-state index in [1.54, 1.807) is 12.3 Å². The van der Waals surface area contributed by atoms with E-state index in [1.807, 2.05) is 0 Å². The van der Waals surface area contributed by atoms with Gasteiger partial charge in [-0.1, -0.05) is 0 Å². The zero-order chi connectivity index (χ0) is 10.7. The van der Waals surface area contributed by atoms with E-state index >= 15 is 0 Å². The number of carbonyl (C=O) groups excluding carboxylic acids is 1. The Kier molecular flexibility index (Phi) is 2.82. The van der Waals surface area contributed by atoms with Crippen molar-refractivity contribution in [2.75, 3.05) is 13.2 Å². The molecule has 1 aromatic heterocycles. The molecule has 0 aromatic carbocycles. The van der Waals surface area contributed by atoms with Crippen LogP contribution < -0.4 is 10.5 Å². The van der Waals surface area contributed by atoms with Crippen LogP contribution in [0.2, 0.25) is 0 Å². The van der Waals surface area contributed by atoms with Gasteiger partial charge in [-0.3, -0.25) is 9.78 Å². The molecule has 80 valence electrons. The van der Waals surface area contributed by atoms with Crippen LogP contribution in [0.1, 0.15) is 16.8 Å². The number of rotatable bonds is 3. The molecule has 0 radical (unpaired) electrons. The van der Waals surface area contributed by atoms with E-state index in [2.05, 4.69) is 4.98 Å². The molecule has 1 aliphatic heterocycles. The first-order chi connectivity index (χ1) is 7.27. The number of carbonyl (C=O) groups is 1. The van der Waals surface area contributed by atoms with Crippen LogP contribution in [0.4, 0.5) is 0 Å². The molecule has 1 saturated heterocycles. The highest BCUT2D eigenvalue weighted by atomic mass is 16.5. The van der Waals surface area contributed by atoms with Gasteiger partial charge in [0.2, 0.25) is 0 Å². The molecule has 2 rings (SSSR count). The van der Waals surface area contributed by atoms with Crippen molar-refractivity contribution in [3.8, 4) is 5.75 Å². The highest BCUT2D eigenvalue weighted by Gasteiger charge is 2.19. The number of pyridine rings is 1. The monoisotopic (exact) mass is 208 g/mol. The van der Waals surface area contributed by atoms with Crippen molar-refractivity contribution in [2.45, 2.75) is 12.5 Å². The summed E-state index contributed by atoms with van der Waals surface area (Å²) in [5.74, 6) is -0.0509. The summed E-state index contributed by atoms with van der Waals surface area (Å²) in [6, 6.07) is 1.64. The Morgan fingerprint density at radius 1 is 1.67 bits per heavy atom. The van der Waals surface area contributed by atoms with Crippen LogP contribution in [0.3, 0.4) is 0 Å². The second-order valence-corrected chi connectivity index (χ2v) is 3.34. The lowest BCUT2D eigenvalue weighted by molar-refractivity contribution is 0.0988. The van der Waals surface area contributed by atoms with Crippen LogP contribution in [0.5, 0.6) is 5.75 Å². The second kappa shape index (κ2) is 4.27. The summed E-state index contributed by atoms with van der Waals surface area (Å²) < 4.78 is 10.8. The topological polar surface area (TPSA) is 74.4 Å². The van der Waals surface area contributed by atoms with Gasteiger partial charge in [0.05, 0.1) is 18.8 Å². The maximum absolute atomic E-state index is 11.1. The smallest absolute Gasteiger partial charge is 0.254 e. The van der Waals surface area contributed by atoms with E-state index in [0.717, 1.165) is 6.42 Å². The summed E-state index contributed by atoms with van der Waals surface area (Å²) in [4.78, 5) is 14.9. The van der Waals surface area contributed by atoms with Gasteiger partial charge in [0.15, 0.2) is 0 Å². The third-order valence-corrected chi connectivity index (χ3v) is 2.23. The number of amides is 1. The molecule has 5 heteroatoms. The average molecular weight is 208 g/mol. The number of aromatic nitrogens is 1. The minimum Gasteiger partial charge on any atom is -0.487 e. The molecular formula is C10H12N2O3. The van der Waals surface area contributed by atoms with E-state index < -0.39 is 5.91 Å². The lowest BCUT2D eigenvalue weighted by Gasteiger charge is -2.13. The van der Waals surface area contributed by atoms with Crippen LogP contribution in [-0.2, 0) is 4.74 Å². The number of primary amides is 1. The summed E-state index contributed by atoms with van der Waals surface area (Å²) in [6.45, 7) is 1.25. The molecule has 1 aliphatic rings. The molecule has 5 nitrogen and oxygen atoms in total. The highest BCUT2D eigenvalue weighted by Crippen LogP contribution is 2.20. The lowest BCUT2D eigenvalue weighted by Crippen LogP contribution is -2.19. The van der Waals surface area contributed by atoms with Gasteiger partial charge in [0, 0.05) is 18.8 Å². The van der Waals surface area contributed by atoms with E-state index in [-0.39, 0.29) is 6.10 Å². The molecule has 2 heterocycles. The van der Waals surface area contributed by atoms with E-state index in [1.165, 1.54) is 6.20 Å². The minimum absolute atomic E-state index is 0.00509. The van der Waals surface area contributed by atoms with Crippen molar-refractivity contribution in [3.63, 3.8) is 0 Å². The van der Waals surface area contributed by atoms with Gasteiger partial charge in [0.25, 0.3) is 5.91 Å². The van der Waals surface area contributed by atoms with Crippen LogP contribution in [0.25, 0.3) is 0 Å². The largest absolute Gasteiger partial charge is 0.487 e. The zero-order valence-electron chi connectivity index (χ0n) is 8.18. The van der Waals surface area contributed by atoms with Crippen molar-refractivity contribution in [3.05, 3.63) is 24.0 Å². The zero-order valence-corrected chi connectivity index (χ0v) is 8.18. The normalized spacial score (nSPS) is 20.1. The summed E-state index contributed by atoms with van der Waals surface area (Å²) in [5.41, 5.74) is 5.51. The molecule has 0 spiro atoms. The van der Waals surface area contributed by atoms with Crippen molar-refractivity contribution in [1.82, 2.24) is 4.98 Å². The van der Waals surface area contributed by atoms with Crippen molar-refractivity contribution < 1.29 is 14.3 Å². The Morgan fingerprint density at radius 2 is 2.53 bits per heavy atom. The second-order valence-electron chi connectivity index (χ2n) is 3.34. The van der Waals surface area contributed by atoms with Gasteiger partial charge in [-0.15, -0.1) is 0 Å². The Labute approximate surface area is 87.2 Å². The molecule has 1 amide bonds. The Bertz CT molecular complexity index is 361. The molecule has 0 unspecified atom stereocenters. The number of hydrogen-bond donors (Lipinski definition) is 1. The van der Waals surface area contributed by atoms with Crippen molar-refractivity contribution >= 4 is 5.91 Å². The Hall–Kier alpha value is -1.62. The first-order valence-corrected chi connectivity index (χ1v) is 4.75. The minimum atomic E-state index is -0.531. The fourth-order valence-electron chi connectivity index (χ4n) is 1.45. The molecule has 0 bridgehead atoms. The molecule has 1 fully saturated rings. The van der Waals surface area contributed by atoms with Gasteiger partial charge < -0.3 is 15.2 Å². The number of ether oxygens (including phenoxy) is 2. The Morgan fingerprint density at radius 3 is 3.20 bits per heavy atom. The molecule has 1 aromatic rings. The van der Waals surface area contributed by atoms with Crippen LogP contribution >= 0.6 is 0 Å². The maximum Gasteiger partial charge on any atom is 0.254 e. The summed E-state index contributed by atoms with van der Waals surface area (Å²) in [7, 11) is 0. The SMILES string of the molecule is NC(=O)c1cnccc1O[C@H]1CCOC1. The van der Waals surface area contributed by atoms with Crippen LogP contribution in [0, 0.1) is 0 Å². The number of hydrogen-bond acceptors (Lipinski definition) is 4. The number of nitrogens with zero attached hydrogens (tertiary/aromatic N) is 1. The van der Waals surface area contributed by atoms with Crippen LogP contribution in [0.15, 0.2) is 18.5 Å². The molecule has 2 N–H and O–H groups in total. The molecule has 15 heavy (non-hydrogen) atoms. The summed E-state index contributed by atoms with van der Waals surface area (Å²) >= 11 is 0. The van der Waals surface area contributed by atoms with E-state index in [9.17, 15) is 4.79 Å². The van der Waals surface area contributed by atoms with Crippen molar-refractivity contribution in [1.29, 1.82) is 0 Å². The van der Waals surface area contributed by atoms with Gasteiger partial charge in [-0.05, 0) is 6.07 Å². The third kappa shape index (κ3) is 2.24. The van der Waals surface area contributed by atoms with Gasteiger partial charge in [-0.25, -0.2) is 0 Å². The average Bonchev–Trinajstić information content (AvgIpc) is 2.71. The van der Waals surface area contributed by atoms with Gasteiger partial charge in [-0.2, -0.15) is 0 Å². The molecule has 1 atom stereocenters. The first-order valence-electron chi connectivity index (χ1n) is 4.75. The summed E-state index contributed by atoms with van der Waals surface area (Å²) in [6.07, 6.45) is 3.82. The molecule has 0 saturated carbocycles. The standard InChI is InChI=1S/C10H12N2O3/c11-10(13)8-5-12-3-1-9(8)15-7-2-4-14-6-7/h1,3,5,7H,2,4,6H2,(H2,11,13)/t7-/m0/s1. The predicted octanol–water partition coefficient (Wildman–Crippen LogP) is 0.348. The fourth-order valence-corrected chi connectivity index (χ4v) is 1.45. The third-order valence-electron chi connectivity index (χ3n) is 2.23. The maximum atomic E-state index is 11.1. The number of nitrogens with two attached hydrogens (primary N) is 1. The van der Waals surface area contributed by atoms with Gasteiger partial charge >= 0.3 is 0 Å². The van der Waals surface area contributed by atoms with Gasteiger partial charge in [0.1, 0.15) is 11.9 Å². The van der Waals surface area contributed by atoms with E-state index in [4.69, 9.17) is 15.2 Å². The lowest BCUT2D eigenvalue weighted by atomic mass is 10.2. The van der Waals surface area contributed by atoms with E-state index in [0.29, 0.717) is 24.5 Å².